The van der Waals surface area contributed by atoms with E-state index >= 15 is 0 Å². The Balaban J connectivity index is 1.98. The zero-order chi connectivity index (χ0) is 13.2. The number of hydrogen-bond donors (Lipinski definition) is 2. The Morgan fingerprint density at radius 3 is 2.68 bits per heavy atom. The fourth-order valence-corrected chi connectivity index (χ4v) is 3.26. The predicted molar refractivity (Wildman–Crippen MR) is 75.7 cm³/mol. The van der Waals surface area contributed by atoms with Gasteiger partial charge in [0.2, 0.25) is 0 Å². The molecular formula is C14H16N2O2S. The molecule has 1 atom stereocenters. The summed E-state index contributed by atoms with van der Waals surface area (Å²) in [6.45, 7) is 3.29. The molecule has 1 aliphatic rings. The quantitative estimate of drug-likeness (QED) is 0.667. The van der Waals surface area contributed by atoms with Gasteiger partial charge in [0.15, 0.2) is 11.5 Å². The van der Waals surface area contributed by atoms with Gasteiger partial charge >= 0.3 is 0 Å². The molecule has 2 aromatic rings. The van der Waals surface area contributed by atoms with Crippen molar-refractivity contribution in [2.75, 3.05) is 13.2 Å². The van der Waals surface area contributed by atoms with Crippen LogP contribution < -0.4 is 20.7 Å². The first kappa shape index (κ1) is 12.5. The Morgan fingerprint density at radius 2 is 2.00 bits per heavy atom. The van der Waals surface area contributed by atoms with Gasteiger partial charge in [-0.05, 0) is 41.6 Å². The lowest BCUT2D eigenvalue weighted by Gasteiger charge is -2.21. The summed E-state index contributed by atoms with van der Waals surface area (Å²) in [5.41, 5.74) is 5.20. The van der Waals surface area contributed by atoms with Gasteiger partial charge in [-0.2, -0.15) is 0 Å². The van der Waals surface area contributed by atoms with E-state index in [0.29, 0.717) is 13.2 Å². The lowest BCUT2D eigenvalue weighted by atomic mass is 10.0. The van der Waals surface area contributed by atoms with Gasteiger partial charge < -0.3 is 9.47 Å². The van der Waals surface area contributed by atoms with Gasteiger partial charge in [-0.15, -0.1) is 11.3 Å². The summed E-state index contributed by atoms with van der Waals surface area (Å²) in [6, 6.07) is 8.05. The van der Waals surface area contributed by atoms with E-state index in [1.54, 1.807) is 11.3 Å². The van der Waals surface area contributed by atoms with Crippen LogP contribution in [0.2, 0.25) is 0 Å². The predicted octanol–water partition coefficient (Wildman–Crippen LogP) is 2.38. The number of hydrogen-bond acceptors (Lipinski definition) is 5. The molecule has 3 N–H and O–H groups in total. The second kappa shape index (κ2) is 5.21. The van der Waals surface area contributed by atoms with Crippen molar-refractivity contribution < 1.29 is 9.47 Å². The van der Waals surface area contributed by atoms with Crippen LogP contribution in [0.5, 0.6) is 11.5 Å². The fraction of sp³-hybridized carbons (Fsp3) is 0.286. The van der Waals surface area contributed by atoms with E-state index in [4.69, 9.17) is 15.3 Å². The number of rotatable bonds is 3. The first-order chi connectivity index (χ1) is 9.29. The topological polar surface area (TPSA) is 56.5 Å². The molecule has 0 saturated heterocycles. The van der Waals surface area contributed by atoms with Gasteiger partial charge in [0.05, 0.1) is 6.04 Å². The van der Waals surface area contributed by atoms with Crippen LogP contribution in [-0.4, -0.2) is 13.2 Å². The van der Waals surface area contributed by atoms with Crippen molar-refractivity contribution in [1.29, 1.82) is 0 Å². The van der Waals surface area contributed by atoms with Gasteiger partial charge in [-0.1, -0.05) is 6.07 Å². The number of hydrazine groups is 1. The molecule has 2 heterocycles. The summed E-state index contributed by atoms with van der Waals surface area (Å²) < 4.78 is 11.1. The number of nitrogens with one attached hydrogen (secondary N) is 1. The van der Waals surface area contributed by atoms with Crippen LogP contribution in [0.3, 0.4) is 0 Å². The Hall–Kier alpha value is -1.56. The van der Waals surface area contributed by atoms with E-state index in [-0.39, 0.29) is 6.04 Å². The fourth-order valence-electron chi connectivity index (χ4n) is 2.24. The van der Waals surface area contributed by atoms with Crippen LogP contribution in [-0.2, 0) is 0 Å². The summed E-state index contributed by atoms with van der Waals surface area (Å²) in [5.74, 6) is 7.32. The van der Waals surface area contributed by atoms with Crippen LogP contribution in [0, 0.1) is 6.92 Å². The van der Waals surface area contributed by atoms with Crippen molar-refractivity contribution in [3.05, 3.63) is 45.6 Å². The molecule has 1 aliphatic heterocycles. The summed E-state index contributed by atoms with van der Waals surface area (Å²) in [4.78, 5) is 1.22. The number of fused-ring (bicyclic) bond motifs is 1. The van der Waals surface area contributed by atoms with Crippen molar-refractivity contribution in [3.8, 4) is 11.5 Å². The van der Waals surface area contributed by atoms with Crippen LogP contribution >= 0.6 is 11.3 Å². The minimum atomic E-state index is -0.0178. The maximum absolute atomic E-state index is 5.73. The molecule has 19 heavy (non-hydrogen) atoms. The summed E-state index contributed by atoms with van der Waals surface area (Å²) in [5, 5.41) is 2.08. The number of nitrogens with two attached hydrogens (primary N) is 1. The molecular weight excluding hydrogens is 260 g/mol. The molecule has 3 rings (SSSR count). The molecule has 0 spiro atoms. The highest BCUT2D eigenvalue weighted by Crippen LogP contribution is 2.35. The summed E-state index contributed by atoms with van der Waals surface area (Å²) >= 11 is 1.70. The second-order valence-electron chi connectivity index (χ2n) is 4.47. The van der Waals surface area contributed by atoms with E-state index in [1.807, 2.05) is 18.2 Å². The van der Waals surface area contributed by atoms with Gasteiger partial charge in [0.1, 0.15) is 13.2 Å². The summed E-state index contributed by atoms with van der Waals surface area (Å²) in [6.07, 6.45) is 0. The van der Waals surface area contributed by atoms with E-state index < -0.39 is 0 Å². The number of aryl methyl sites for hydroxylation is 1. The number of thiophene rings is 1. The largest absolute Gasteiger partial charge is 0.486 e. The zero-order valence-corrected chi connectivity index (χ0v) is 11.5. The zero-order valence-electron chi connectivity index (χ0n) is 10.7. The molecule has 1 aromatic carbocycles. The maximum atomic E-state index is 5.73. The van der Waals surface area contributed by atoms with Crippen molar-refractivity contribution >= 4 is 11.3 Å². The normalized spacial score (nSPS) is 15.3. The first-order valence-electron chi connectivity index (χ1n) is 6.19. The van der Waals surface area contributed by atoms with Gasteiger partial charge in [-0.3, -0.25) is 5.84 Å². The lowest BCUT2D eigenvalue weighted by molar-refractivity contribution is 0.171. The minimum Gasteiger partial charge on any atom is -0.486 e. The van der Waals surface area contributed by atoms with E-state index in [2.05, 4.69) is 23.8 Å². The highest BCUT2D eigenvalue weighted by Gasteiger charge is 2.19. The molecule has 0 bridgehead atoms. The van der Waals surface area contributed by atoms with Gasteiger partial charge in [-0.25, -0.2) is 5.43 Å². The molecule has 0 saturated carbocycles. The molecule has 4 nitrogen and oxygen atoms in total. The first-order valence-corrected chi connectivity index (χ1v) is 7.07. The van der Waals surface area contributed by atoms with Crippen LogP contribution in [0.4, 0.5) is 0 Å². The number of ether oxygens (including phenoxy) is 2. The Morgan fingerprint density at radius 1 is 1.21 bits per heavy atom. The molecule has 5 heteroatoms. The molecule has 100 valence electrons. The average molecular weight is 276 g/mol. The lowest BCUT2D eigenvalue weighted by Crippen LogP contribution is -2.28. The highest BCUT2D eigenvalue weighted by atomic mass is 32.1. The summed E-state index contributed by atoms with van der Waals surface area (Å²) in [7, 11) is 0. The maximum Gasteiger partial charge on any atom is 0.161 e. The highest BCUT2D eigenvalue weighted by molar-refractivity contribution is 7.10. The van der Waals surface area contributed by atoms with E-state index in [0.717, 1.165) is 17.1 Å². The van der Waals surface area contributed by atoms with Gasteiger partial charge in [0, 0.05) is 4.88 Å². The van der Waals surface area contributed by atoms with Crippen molar-refractivity contribution in [2.24, 2.45) is 5.84 Å². The van der Waals surface area contributed by atoms with Crippen molar-refractivity contribution in [1.82, 2.24) is 5.43 Å². The van der Waals surface area contributed by atoms with E-state index in [9.17, 15) is 0 Å². The Kier molecular flexibility index (Phi) is 3.42. The molecule has 1 unspecified atom stereocenters. The van der Waals surface area contributed by atoms with Gasteiger partial charge in [0.25, 0.3) is 0 Å². The third-order valence-electron chi connectivity index (χ3n) is 3.23. The molecule has 0 radical (unpaired) electrons. The van der Waals surface area contributed by atoms with E-state index in [1.165, 1.54) is 10.4 Å². The monoisotopic (exact) mass is 276 g/mol. The minimum absolute atomic E-state index is 0.0178. The Labute approximate surface area is 116 Å². The van der Waals surface area contributed by atoms with Crippen molar-refractivity contribution in [2.45, 2.75) is 13.0 Å². The number of benzene rings is 1. The third-order valence-corrected chi connectivity index (χ3v) is 4.31. The standard InChI is InChI=1S/C14H16N2O2S/c1-9-4-7-19-14(9)13(16-15)10-2-3-11-12(8-10)18-6-5-17-11/h2-4,7-8,13,16H,5-6,15H2,1H3. The molecule has 1 aromatic heterocycles. The van der Waals surface area contributed by atoms with Crippen LogP contribution in [0.1, 0.15) is 22.0 Å². The SMILES string of the molecule is Cc1ccsc1C(NN)c1ccc2c(c1)OCCO2. The average Bonchev–Trinajstić information content (AvgIpc) is 2.86. The van der Waals surface area contributed by atoms with Crippen molar-refractivity contribution in [3.63, 3.8) is 0 Å². The Bertz CT molecular complexity index is 583. The third kappa shape index (κ3) is 2.32. The second-order valence-corrected chi connectivity index (χ2v) is 5.42. The van der Waals surface area contributed by atoms with Crippen LogP contribution in [0.15, 0.2) is 29.6 Å². The molecule has 0 amide bonds. The molecule has 0 aliphatic carbocycles. The van der Waals surface area contributed by atoms with Crippen LogP contribution in [0.25, 0.3) is 0 Å². The smallest absolute Gasteiger partial charge is 0.161 e. The molecule has 0 fully saturated rings.